The van der Waals surface area contributed by atoms with Gasteiger partial charge in [0.15, 0.2) is 5.82 Å². The summed E-state index contributed by atoms with van der Waals surface area (Å²) >= 11 is 11.7. The predicted molar refractivity (Wildman–Crippen MR) is 62.1 cm³/mol. The van der Waals surface area contributed by atoms with Crippen LogP contribution in [0.5, 0.6) is 0 Å². The van der Waals surface area contributed by atoms with E-state index in [9.17, 15) is 4.21 Å². The third-order valence-corrected chi connectivity index (χ3v) is 3.90. The summed E-state index contributed by atoms with van der Waals surface area (Å²) < 4.78 is 11.2. The van der Waals surface area contributed by atoms with Crippen molar-refractivity contribution in [2.75, 3.05) is 29.5 Å². The van der Waals surface area contributed by atoms with E-state index in [0.29, 0.717) is 35.4 Å². The number of aromatic nitrogens is 2. The van der Waals surface area contributed by atoms with Gasteiger partial charge in [-0.2, -0.15) is 4.98 Å². The van der Waals surface area contributed by atoms with Crippen molar-refractivity contribution in [2.24, 2.45) is 0 Å². The van der Waals surface area contributed by atoms with Crippen LogP contribution in [0.15, 0.2) is 6.20 Å². The number of nitrogens with zero attached hydrogens (tertiary/aromatic N) is 3. The van der Waals surface area contributed by atoms with Crippen LogP contribution in [-0.4, -0.2) is 38.8 Å². The highest BCUT2D eigenvalue weighted by molar-refractivity contribution is 7.85. The maximum absolute atomic E-state index is 11.2. The van der Waals surface area contributed by atoms with Crippen LogP contribution in [0.25, 0.3) is 0 Å². The Labute approximate surface area is 100 Å². The summed E-state index contributed by atoms with van der Waals surface area (Å²) in [5.41, 5.74) is 0. The van der Waals surface area contributed by atoms with E-state index in [-0.39, 0.29) is 5.28 Å². The van der Waals surface area contributed by atoms with Crippen LogP contribution in [0.1, 0.15) is 0 Å². The molecule has 7 heteroatoms. The first kappa shape index (κ1) is 11.1. The van der Waals surface area contributed by atoms with Gasteiger partial charge >= 0.3 is 0 Å². The summed E-state index contributed by atoms with van der Waals surface area (Å²) in [6, 6.07) is 0. The first-order valence-electron chi connectivity index (χ1n) is 4.45. The molecule has 0 aromatic carbocycles. The summed E-state index contributed by atoms with van der Waals surface area (Å²) in [4.78, 5) is 9.84. The van der Waals surface area contributed by atoms with Gasteiger partial charge < -0.3 is 4.90 Å². The molecule has 0 unspecified atom stereocenters. The summed E-state index contributed by atoms with van der Waals surface area (Å²) in [6.45, 7) is 1.39. The Kier molecular flexibility index (Phi) is 3.43. The van der Waals surface area contributed by atoms with Crippen molar-refractivity contribution in [3.63, 3.8) is 0 Å². The Balaban J connectivity index is 2.21. The summed E-state index contributed by atoms with van der Waals surface area (Å²) in [5, 5.41) is 0.660. The summed E-state index contributed by atoms with van der Waals surface area (Å²) in [5.74, 6) is 1.93. The molecule has 0 saturated carbocycles. The van der Waals surface area contributed by atoms with Crippen LogP contribution in [0.4, 0.5) is 5.82 Å². The Morgan fingerprint density at radius 2 is 2.00 bits per heavy atom. The van der Waals surface area contributed by atoms with Gasteiger partial charge in [-0.15, -0.1) is 0 Å². The fourth-order valence-corrected chi connectivity index (χ4v) is 2.80. The van der Waals surface area contributed by atoms with Crippen LogP contribution in [0.3, 0.4) is 0 Å². The molecule has 4 nitrogen and oxygen atoms in total. The molecule has 1 saturated heterocycles. The van der Waals surface area contributed by atoms with E-state index >= 15 is 0 Å². The van der Waals surface area contributed by atoms with Crippen molar-refractivity contribution in [1.29, 1.82) is 0 Å². The molecule has 0 amide bonds. The Bertz CT molecular complexity index is 391. The van der Waals surface area contributed by atoms with E-state index in [0.717, 1.165) is 0 Å². The predicted octanol–water partition coefficient (Wildman–Crippen LogP) is 1.35. The van der Waals surface area contributed by atoms with Crippen LogP contribution in [0.2, 0.25) is 10.3 Å². The highest BCUT2D eigenvalue weighted by Crippen LogP contribution is 2.24. The van der Waals surface area contributed by atoms with Gasteiger partial charge in [-0.3, -0.25) is 4.21 Å². The number of hydrogen-bond donors (Lipinski definition) is 0. The molecule has 82 valence electrons. The van der Waals surface area contributed by atoms with E-state index in [1.165, 1.54) is 6.20 Å². The zero-order valence-corrected chi connectivity index (χ0v) is 10.1. The molecule has 0 atom stereocenters. The van der Waals surface area contributed by atoms with E-state index in [2.05, 4.69) is 9.97 Å². The Morgan fingerprint density at radius 3 is 2.67 bits per heavy atom. The van der Waals surface area contributed by atoms with Crippen LogP contribution in [-0.2, 0) is 10.8 Å². The average molecular weight is 266 g/mol. The highest BCUT2D eigenvalue weighted by atomic mass is 35.5. The molecule has 0 aliphatic carbocycles. The molecule has 0 N–H and O–H groups in total. The van der Waals surface area contributed by atoms with Gasteiger partial charge in [0, 0.05) is 35.4 Å². The fourth-order valence-electron chi connectivity index (χ4n) is 1.41. The zero-order chi connectivity index (χ0) is 10.8. The first-order valence-corrected chi connectivity index (χ1v) is 6.69. The highest BCUT2D eigenvalue weighted by Gasteiger charge is 2.19. The second-order valence-corrected chi connectivity index (χ2v) is 5.59. The normalized spacial score (nSPS) is 18.1. The minimum absolute atomic E-state index is 0.182. The molecular formula is C8H9Cl2N3OS. The van der Waals surface area contributed by atoms with Crippen molar-refractivity contribution in [3.05, 3.63) is 16.5 Å². The van der Waals surface area contributed by atoms with Gasteiger partial charge in [0.1, 0.15) is 5.02 Å². The lowest BCUT2D eigenvalue weighted by molar-refractivity contribution is 0.672. The number of anilines is 1. The molecule has 1 aliphatic rings. The van der Waals surface area contributed by atoms with E-state index in [4.69, 9.17) is 23.2 Å². The molecule has 0 radical (unpaired) electrons. The molecule has 1 aromatic heterocycles. The van der Waals surface area contributed by atoms with Crippen molar-refractivity contribution >= 4 is 39.8 Å². The topological polar surface area (TPSA) is 46.1 Å². The van der Waals surface area contributed by atoms with Crippen LogP contribution < -0.4 is 4.90 Å². The largest absolute Gasteiger partial charge is 0.353 e. The van der Waals surface area contributed by atoms with Gasteiger partial charge in [-0.1, -0.05) is 11.6 Å². The smallest absolute Gasteiger partial charge is 0.224 e. The van der Waals surface area contributed by atoms with Crippen LogP contribution >= 0.6 is 23.2 Å². The summed E-state index contributed by atoms with van der Waals surface area (Å²) in [7, 11) is -0.708. The van der Waals surface area contributed by atoms with Gasteiger partial charge in [0.25, 0.3) is 0 Å². The van der Waals surface area contributed by atoms with Crippen molar-refractivity contribution in [1.82, 2.24) is 9.97 Å². The van der Waals surface area contributed by atoms with Crippen molar-refractivity contribution in [2.45, 2.75) is 0 Å². The van der Waals surface area contributed by atoms with E-state index < -0.39 is 10.8 Å². The lowest BCUT2D eigenvalue weighted by Crippen LogP contribution is -2.38. The lowest BCUT2D eigenvalue weighted by atomic mass is 10.4. The standard InChI is InChI=1S/C8H9Cl2N3OS/c9-6-5-11-8(10)12-7(6)13-1-3-15(14)4-2-13/h5H,1-4H2. The first-order chi connectivity index (χ1) is 7.16. The lowest BCUT2D eigenvalue weighted by Gasteiger charge is -2.27. The Hall–Kier alpha value is -0.390. The molecular weight excluding hydrogens is 257 g/mol. The van der Waals surface area contributed by atoms with Gasteiger partial charge in [-0.05, 0) is 11.6 Å². The van der Waals surface area contributed by atoms with Gasteiger partial charge in [0.2, 0.25) is 5.28 Å². The second-order valence-electron chi connectivity index (χ2n) is 3.15. The van der Waals surface area contributed by atoms with Crippen LogP contribution in [0, 0.1) is 0 Å². The Morgan fingerprint density at radius 1 is 1.33 bits per heavy atom. The number of rotatable bonds is 1. The van der Waals surface area contributed by atoms with Gasteiger partial charge in [-0.25, -0.2) is 4.98 Å². The minimum Gasteiger partial charge on any atom is -0.353 e. The average Bonchev–Trinajstić information content (AvgIpc) is 2.23. The quantitative estimate of drug-likeness (QED) is 0.720. The molecule has 0 spiro atoms. The third-order valence-electron chi connectivity index (χ3n) is 2.17. The third kappa shape index (κ3) is 2.59. The second kappa shape index (κ2) is 4.63. The molecule has 1 fully saturated rings. The van der Waals surface area contributed by atoms with Crippen molar-refractivity contribution in [3.8, 4) is 0 Å². The zero-order valence-electron chi connectivity index (χ0n) is 7.82. The van der Waals surface area contributed by atoms with Gasteiger partial charge in [0.05, 0.1) is 6.20 Å². The number of halogens is 2. The molecule has 2 rings (SSSR count). The maximum Gasteiger partial charge on any atom is 0.224 e. The molecule has 15 heavy (non-hydrogen) atoms. The monoisotopic (exact) mass is 265 g/mol. The molecule has 2 heterocycles. The van der Waals surface area contributed by atoms with Crippen molar-refractivity contribution < 1.29 is 4.21 Å². The SMILES string of the molecule is O=S1CCN(c2nc(Cl)ncc2Cl)CC1. The van der Waals surface area contributed by atoms with E-state index in [1.54, 1.807) is 0 Å². The minimum atomic E-state index is -0.708. The van der Waals surface area contributed by atoms with E-state index in [1.807, 2.05) is 4.90 Å². The number of hydrogen-bond acceptors (Lipinski definition) is 4. The maximum atomic E-state index is 11.2. The molecule has 1 aromatic rings. The molecule has 0 bridgehead atoms. The molecule has 1 aliphatic heterocycles. The summed E-state index contributed by atoms with van der Waals surface area (Å²) in [6.07, 6.45) is 1.48. The fraction of sp³-hybridized carbons (Fsp3) is 0.500.